The van der Waals surface area contributed by atoms with Gasteiger partial charge in [-0.05, 0) is 26.1 Å². The minimum atomic E-state index is -5.46. The molecule has 19 nitrogen and oxygen atoms in total. The zero-order valence-corrected chi connectivity index (χ0v) is 19.6. The zero-order valence-electron chi connectivity index (χ0n) is 16.9. The normalized spacial score (nSPS) is 14.1. The van der Waals surface area contributed by atoms with Crippen molar-refractivity contribution in [3.8, 4) is 0 Å². The van der Waals surface area contributed by atoms with Crippen molar-refractivity contribution in [2.45, 2.75) is 18.9 Å². The Morgan fingerprint density at radius 2 is 1.53 bits per heavy atom. The van der Waals surface area contributed by atoms with Crippen LogP contribution in [-0.2, 0) is 27.2 Å². The van der Waals surface area contributed by atoms with Gasteiger partial charge < -0.3 is 56.9 Å². The number of aliphatic hydroxyl groups is 2. The van der Waals surface area contributed by atoms with E-state index in [1.807, 2.05) is 0 Å². The van der Waals surface area contributed by atoms with Crippen LogP contribution in [0, 0.1) is 5.41 Å². The van der Waals surface area contributed by atoms with E-state index in [-0.39, 0.29) is 24.1 Å². The van der Waals surface area contributed by atoms with Crippen LogP contribution in [-0.4, -0.2) is 84.2 Å². The van der Waals surface area contributed by atoms with Crippen molar-refractivity contribution in [3.05, 3.63) is 12.8 Å². The highest BCUT2D eigenvalue weighted by molar-refractivity contribution is 7.66. The summed E-state index contributed by atoms with van der Waals surface area (Å²) >= 11 is 0. The van der Waals surface area contributed by atoms with Gasteiger partial charge in [0.2, 0.25) is 5.96 Å². The number of nitrogens with two attached hydrogens (primary N) is 2. The molecule has 0 unspecified atom stereocenters. The van der Waals surface area contributed by atoms with Crippen molar-refractivity contribution >= 4 is 29.4 Å². The molecular formula is C10H32N5O14P3. The maximum absolute atomic E-state index is 10.4. The first-order valence-corrected chi connectivity index (χ1v) is 12.4. The maximum atomic E-state index is 10.4. The van der Waals surface area contributed by atoms with E-state index in [2.05, 4.69) is 31.1 Å². The van der Waals surface area contributed by atoms with Crippen molar-refractivity contribution in [2.24, 2.45) is 11.5 Å². The van der Waals surface area contributed by atoms with Crippen LogP contribution in [0.2, 0.25) is 0 Å². The third-order valence-electron chi connectivity index (χ3n) is 1.89. The molecule has 1 saturated heterocycles. The number of aliphatic hydroxyl groups excluding tert-OH is 2. The molecule has 15 N–H and O–H groups in total. The summed E-state index contributed by atoms with van der Waals surface area (Å²) in [6.45, 7) is 4.63. The number of guanidine groups is 1. The van der Waals surface area contributed by atoms with Crippen LogP contribution < -0.4 is 16.8 Å². The van der Waals surface area contributed by atoms with Gasteiger partial charge in [0.05, 0.1) is 12.7 Å². The standard InChI is InChI=1S/C4H9NO.C3H6O.C2H5N3O.CH5N.H5O10P3.H2O/c1-2-5-3-4-6;4-3-1-2-3;3-2(4)5-1-6-5;1-2;1-11(2,3)9-13(7,8)10-12(4,5)6;/h2,5-6H,1,3-4H2;3-4H,1-2H2;1H2,(H3,3,4);2H2,1H3;(H,7,8)(H2,1,2,3)(H2,4,5,6);1H2. The third kappa shape index (κ3) is 39.5. The van der Waals surface area contributed by atoms with E-state index in [1.54, 1.807) is 6.20 Å². The summed E-state index contributed by atoms with van der Waals surface area (Å²) in [7, 11) is -14.7. The van der Waals surface area contributed by atoms with Crippen LogP contribution in [0.5, 0.6) is 0 Å². The van der Waals surface area contributed by atoms with E-state index in [9.17, 15) is 13.7 Å². The van der Waals surface area contributed by atoms with Gasteiger partial charge in [-0.15, -0.1) is 0 Å². The average molecular weight is 539 g/mol. The van der Waals surface area contributed by atoms with Gasteiger partial charge in [-0.2, -0.15) is 13.7 Å². The van der Waals surface area contributed by atoms with Crippen LogP contribution in [0.4, 0.5) is 0 Å². The molecule has 0 atom stereocenters. The van der Waals surface area contributed by atoms with Crippen LogP contribution in [0.3, 0.4) is 0 Å². The van der Waals surface area contributed by atoms with Crippen LogP contribution in [0.1, 0.15) is 12.8 Å². The van der Waals surface area contributed by atoms with E-state index >= 15 is 0 Å². The number of hydroxylamine groups is 2. The lowest BCUT2D eigenvalue weighted by Crippen LogP contribution is -2.18. The lowest BCUT2D eigenvalue weighted by molar-refractivity contribution is 0.204. The predicted octanol–water partition coefficient (Wildman–Crippen LogP) is -3.01. The topological polar surface area (TPSA) is 346 Å². The van der Waals surface area contributed by atoms with Crippen molar-refractivity contribution in [3.63, 3.8) is 0 Å². The van der Waals surface area contributed by atoms with Crippen molar-refractivity contribution in [2.75, 3.05) is 26.9 Å². The molecule has 196 valence electrons. The van der Waals surface area contributed by atoms with Crippen molar-refractivity contribution in [1.29, 1.82) is 5.41 Å². The van der Waals surface area contributed by atoms with Gasteiger partial charge in [-0.3, -0.25) is 5.41 Å². The molecule has 22 heteroatoms. The van der Waals surface area contributed by atoms with Crippen LogP contribution in [0.15, 0.2) is 12.8 Å². The van der Waals surface area contributed by atoms with Gasteiger partial charge in [-0.1, -0.05) is 6.58 Å². The fourth-order valence-corrected chi connectivity index (χ4v) is 3.23. The van der Waals surface area contributed by atoms with Crippen LogP contribution >= 0.6 is 23.5 Å². The van der Waals surface area contributed by atoms with Crippen molar-refractivity contribution in [1.82, 2.24) is 10.4 Å². The highest BCUT2D eigenvalue weighted by Gasteiger charge is 2.38. The Bertz CT molecular complexity index is 607. The molecule has 2 fully saturated rings. The van der Waals surface area contributed by atoms with Gasteiger partial charge in [0.15, 0.2) is 6.73 Å². The summed E-state index contributed by atoms with van der Waals surface area (Å²) in [6.07, 6.45) is 3.72. The van der Waals surface area contributed by atoms with Gasteiger partial charge in [0.1, 0.15) is 0 Å². The highest BCUT2D eigenvalue weighted by atomic mass is 31.3. The molecule has 1 aliphatic heterocycles. The minimum Gasteiger partial charge on any atom is -0.412 e. The third-order valence-corrected chi connectivity index (χ3v) is 5.25. The van der Waals surface area contributed by atoms with Gasteiger partial charge in [-0.25, -0.2) is 18.5 Å². The lowest BCUT2D eigenvalue weighted by atomic mass is 10.7. The Hall–Kier alpha value is -0.980. The molecule has 1 heterocycles. The van der Waals surface area contributed by atoms with Crippen molar-refractivity contribution < 1.29 is 67.3 Å². The number of hydrogen-bond donors (Lipinski definition) is 11. The Kier molecular flexibility index (Phi) is 23.3. The summed E-state index contributed by atoms with van der Waals surface area (Å²) < 4.78 is 36.4. The smallest absolute Gasteiger partial charge is 0.412 e. The molecule has 2 aliphatic rings. The minimum absolute atomic E-state index is 0. The predicted molar refractivity (Wildman–Crippen MR) is 110 cm³/mol. The molecule has 0 radical (unpaired) electrons. The first-order chi connectivity index (χ1) is 14.0. The number of nitrogens with one attached hydrogen (secondary N) is 2. The summed E-state index contributed by atoms with van der Waals surface area (Å²) in [5.41, 5.74) is 9.38. The second kappa shape index (κ2) is 19.5. The fourth-order valence-electron chi connectivity index (χ4n) is 0.693. The number of rotatable bonds is 7. The molecular weight excluding hydrogens is 507 g/mol. The molecule has 0 amide bonds. The monoisotopic (exact) mass is 539 g/mol. The molecule has 0 aromatic rings. The first-order valence-electron chi connectivity index (χ1n) is 7.85. The quantitative estimate of drug-likeness (QED) is 0.0504. The molecule has 0 spiro atoms. The van der Waals surface area contributed by atoms with Crippen LogP contribution in [0.25, 0.3) is 0 Å². The lowest BCUT2D eigenvalue weighted by Gasteiger charge is -2.11. The molecule has 1 saturated carbocycles. The van der Waals surface area contributed by atoms with E-state index in [0.29, 0.717) is 13.3 Å². The van der Waals surface area contributed by atoms with E-state index in [1.165, 1.54) is 12.1 Å². The SMILES string of the molecule is C=CNCCO.CN.N=C(N)N1CO1.O.O=P(O)(O)OP(=O)(O)OP(=O)(O)O.OC1CC1. The van der Waals surface area contributed by atoms with Gasteiger partial charge >= 0.3 is 23.5 Å². The summed E-state index contributed by atoms with van der Waals surface area (Å²) in [6, 6.07) is 0. The van der Waals surface area contributed by atoms with E-state index in [0.717, 1.165) is 12.8 Å². The molecule has 32 heavy (non-hydrogen) atoms. The molecule has 0 aromatic carbocycles. The molecule has 1 aliphatic carbocycles. The fraction of sp³-hybridized carbons (Fsp3) is 0.700. The van der Waals surface area contributed by atoms with E-state index < -0.39 is 23.5 Å². The second-order valence-electron chi connectivity index (χ2n) is 4.75. The van der Waals surface area contributed by atoms with Gasteiger partial charge in [0.25, 0.3) is 0 Å². The summed E-state index contributed by atoms with van der Waals surface area (Å²) in [5.74, 6) is -0.0185. The Labute approximate surface area is 183 Å². The number of hydrogen-bond acceptors (Lipinski definition) is 11. The first kappa shape index (κ1) is 38.3. The number of phosphoric acid groups is 3. The Balaban J connectivity index is -0.000000172. The zero-order chi connectivity index (χ0) is 25.3. The van der Waals surface area contributed by atoms with Gasteiger partial charge in [0, 0.05) is 6.54 Å². The summed E-state index contributed by atoms with van der Waals surface area (Å²) in [5, 5.41) is 26.8. The second-order valence-corrected chi connectivity index (χ2v) is 8.95. The average Bonchev–Trinajstić information content (AvgIpc) is 3.46. The summed E-state index contributed by atoms with van der Waals surface area (Å²) in [4.78, 5) is 44.7. The number of nitrogens with zero attached hydrogens (tertiary/aromatic N) is 1. The maximum Gasteiger partial charge on any atom is 0.490 e. The van der Waals surface area contributed by atoms with E-state index in [4.69, 9.17) is 45.8 Å². The molecule has 0 aromatic heterocycles. The molecule has 2 rings (SSSR count). The largest absolute Gasteiger partial charge is 0.490 e. The Morgan fingerprint density at radius 1 is 1.19 bits per heavy atom. The molecule has 0 bridgehead atoms. The highest BCUT2D eigenvalue weighted by Crippen LogP contribution is 2.64. The Morgan fingerprint density at radius 3 is 1.62 bits per heavy atom.